The highest BCUT2D eigenvalue weighted by Gasteiger charge is 2.20. The van der Waals surface area contributed by atoms with E-state index in [4.69, 9.17) is 4.74 Å². The van der Waals surface area contributed by atoms with Crippen LogP contribution in [-0.4, -0.2) is 47.4 Å². The third kappa shape index (κ3) is 50.0. The molecule has 0 aliphatic carbocycles. The van der Waals surface area contributed by atoms with Gasteiger partial charge in [0.05, 0.1) is 25.4 Å². The maximum Gasteiger partial charge on any atom is 0.305 e. The number of carbonyl (C=O) groups excluding carboxylic acids is 2. The minimum absolute atomic E-state index is 0.00212. The summed E-state index contributed by atoms with van der Waals surface area (Å²) in [4.78, 5) is 24.5. The Labute approximate surface area is 399 Å². The second kappa shape index (κ2) is 54.2. The van der Waals surface area contributed by atoms with Crippen LogP contribution in [0.4, 0.5) is 0 Å². The van der Waals surface area contributed by atoms with E-state index in [9.17, 15) is 19.8 Å². The average molecular weight is 905 g/mol. The molecule has 64 heavy (non-hydrogen) atoms. The molecule has 1 amide bonds. The number of rotatable bonds is 54. The van der Waals surface area contributed by atoms with Crippen molar-refractivity contribution in [2.75, 3.05) is 13.2 Å². The predicted molar refractivity (Wildman–Crippen MR) is 278 cm³/mol. The van der Waals surface area contributed by atoms with Crippen molar-refractivity contribution in [1.29, 1.82) is 0 Å². The van der Waals surface area contributed by atoms with E-state index >= 15 is 0 Å². The fourth-order valence-electron chi connectivity index (χ4n) is 9.11. The molecule has 0 saturated heterocycles. The SMILES string of the molecule is CCCCCCCCC/C=C\CCCCCCCC(=O)OCCCCCCCCCCCCCCCCCCCCCC(=O)NC(CO)C(O)CCCCCCCCCCCCCC. The number of hydrogen-bond donors (Lipinski definition) is 3. The van der Waals surface area contributed by atoms with E-state index in [0.29, 0.717) is 25.9 Å². The molecule has 6 heteroatoms. The number of aliphatic hydroxyl groups is 2. The number of carbonyl (C=O) groups is 2. The van der Waals surface area contributed by atoms with Gasteiger partial charge in [-0.25, -0.2) is 0 Å². The molecule has 0 spiro atoms. The van der Waals surface area contributed by atoms with E-state index in [-0.39, 0.29) is 18.5 Å². The van der Waals surface area contributed by atoms with Gasteiger partial charge in [0.25, 0.3) is 0 Å². The zero-order valence-corrected chi connectivity index (χ0v) is 43.3. The molecule has 0 heterocycles. The molecule has 0 rings (SSSR count). The second-order valence-corrected chi connectivity index (χ2v) is 20.0. The van der Waals surface area contributed by atoms with Gasteiger partial charge in [-0.3, -0.25) is 9.59 Å². The van der Waals surface area contributed by atoms with Crippen molar-refractivity contribution in [3.63, 3.8) is 0 Å². The molecular weight excluding hydrogens is 791 g/mol. The Morgan fingerprint density at radius 1 is 0.422 bits per heavy atom. The lowest BCUT2D eigenvalue weighted by atomic mass is 10.0. The summed E-state index contributed by atoms with van der Waals surface area (Å²) in [6.07, 6.45) is 63.4. The molecule has 0 aromatic carbocycles. The van der Waals surface area contributed by atoms with Gasteiger partial charge in [0.2, 0.25) is 5.91 Å². The summed E-state index contributed by atoms with van der Waals surface area (Å²) in [6, 6.07) is -0.542. The molecule has 2 atom stereocenters. The summed E-state index contributed by atoms with van der Waals surface area (Å²) in [6.45, 7) is 4.95. The predicted octanol–water partition coefficient (Wildman–Crippen LogP) is 17.7. The van der Waals surface area contributed by atoms with Gasteiger partial charge in [0, 0.05) is 12.8 Å². The first-order valence-corrected chi connectivity index (χ1v) is 28.9. The van der Waals surface area contributed by atoms with Gasteiger partial charge < -0.3 is 20.3 Å². The van der Waals surface area contributed by atoms with E-state index in [1.54, 1.807) is 0 Å². The molecule has 0 bridgehead atoms. The molecular formula is C58H113NO5. The van der Waals surface area contributed by atoms with Crippen molar-refractivity contribution in [1.82, 2.24) is 5.32 Å². The van der Waals surface area contributed by atoms with Crippen LogP contribution in [0, 0.1) is 0 Å². The van der Waals surface area contributed by atoms with Crippen LogP contribution in [0.25, 0.3) is 0 Å². The van der Waals surface area contributed by atoms with Gasteiger partial charge in [0.15, 0.2) is 0 Å². The standard InChI is InChI=1S/C58H113NO5/c1-3-5-7-9-11-13-15-17-18-25-28-32-36-40-44-48-52-58(63)64-53-49-45-41-37-33-29-26-23-21-19-20-22-24-27-31-35-39-43-47-51-57(62)59-55(54-60)56(61)50-46-42-38-34-30-16-14-12-10-8-6-4-2/h18,25,55-56,60-61H,3-17,19-24,26-54H2,1-2H3,(H,59,62)/b25-18-. The first kappa shape index (κ1) is 62.6. The maximum absolute atomic E-state index is 12.4. The van der Waals surface area contributed by atoms with Crippen molar-refractivity contribution in [3.05, 3.63) is 12.2 Å². The zero-order chi connectivity index (χ0) is 46.5. The summed E-state index contributed by atoms with van der Waals surface area (Å²) in [5.74, 6) is -0.0352. The van der Waals surface area contributed by atoms with E-state index in [1.165, 1.54) is 244 Å². The van der Waals surface area contributed by atoms with Crippen molar-refractivity contribution in [3.8, 4) is 0 Å². The van der Waals surface area contributed by atoms with Gasteiger partial charge in [-0.05, 0) is 51.4 Å². The van der Waals surface area contributed by atoms with Crippen molar-refractivity contribution in [2.24, 2.45) is 0 Å². The van der Waals surface area contributed by atoms with Crippen LogP contribution in [0.2, 0.25) is 0 Å². The first-order chi connectivity index (χ1) is 31.5. The Bertz CT molecular complexity index is 955. The number of hydrogen-bond acceptors (Lipinski definition) is 5. The minimum Gasteiger partial charge on any atom is -0.466 e. The van der Waals surface area contributed by atoms with Crippen molar-refractivity contribution >= 4 is 11.9 Å². The van der Waals surface area contributed by atoms with Gasteiger partial charge in [-0.2, -0.15) is 0 Å². The van der Waals surface area contributed by atoms with Crippen LogP contribution in [0.3, 0.4) is 0 Å². The van der Waals surface area contributed by atoms with Crippen LogP contribution >= 0.6 is 0 Å². The molecule has 0 aliphatic rings. The monoisotopic (exact) mass is 904 g/mol. The molecule has 380 valence electrons. The third-order valence-electron chi connectivity index (χ3n) is 13.6. The van der Waals surface area contributed by atoms with Gasteiger partial charge in [0.1, 0.15) is 0 Å². The van der Waals surface area contributed by atoms with Crippen LogP contribution < -0.4 is 5.32 Å². The number of amides is 1. The summed E-state index contributed by atoms with van der Waals surface area (Å²) in [7, 11) is 0. The average Bonchev–Trinajstić information content (AvgIpc) is 3.29. The van der Waals surface area contributed by atoms with Crippen molar-refractivity contribution in [2.45, 2.75) is 334 Å². The Balaban J connectivity index is 3.38. The van der Waals surface area contributed by atoms with Gasteiger partial charge in [-0.15, -0.1) is 0 Å². The second-order valence-electron chi connectivity index (χ2n) is 20.0. The summed E-state index contributed by atoms with van der Waals surface area (Å²) in [5.41, 5.74) is 0. The molecule has 3 N–H and O–H groups in total. The fourth-order valence-corrected chi connectivity index (χ4v) is 9.11. The Morgan fingerprint density at radius 3 is 1.11 bits per heavy atom. The smallest absolute Gasteiger partial charge is 0.305 e. The fraction of sp³-hybridized carbons (Fsp3) is 0.931. The minimum atomic E-state index is -0.664. The highest BCUT2D eigenvalue weighted by atomic mass is 16.5. The Kier molecular flexibility index (Phi) is 53.0. The maximum atomic E-state index is 12.4. The molecule has 0 aromatic rings. The number of allylic oxidation sites excluding steroid dienone is 2. The summed E-state index contributed by atoms with van der Waals surface area (Å²) >= 11 is 0. The number of ether oxygens (including phenoxy) is 1. The topological polar surface area (TPSA) is 95.9 Å². The number of unbranched alkanes of at least 4 members (excludes halogenated alkanes) is 41. The van der Waals surface area contributed by atoms with Gasteiger partial charge in [-0.1, -0.05) is 270 Å². The van der Waals surface area contributed by atoms with Crippen LogP contribution in [0.5, 0.6) is 0 Å². The quantitative estimate of drug-likeness (QED) is 0.0321. The summed E-state index contributed by atoms with van der Waals surface area (Å²) < 4.78 is 5.48. The largest absolute Gasteiger partial charge is 0.466 e. The van der Waals surface area contributed by atoms with Crippen molar-refractivity contribution < 1.29 is 24.5 Å². The van der Waals surface area contributed by atoms with E-state index in [2.05, 4.69) is 31.3 Å². The van der Waals surface area contributed by atoms with Crippen LogP contribution in [0.15, 0.2) is 12.2 Å². The Morgan fingerprint density at radius 2 is 0.734 bits per heavy atom. The molecule has 2 unspecified atom stereocenters. The zero-order valence-electron chi connectivity index (χ0n) is 43.3. The molecule has 0 saturated carbocycles. The number of nitrogens with one attached hydrogen (secondary N) is 1. The number of esters is 1. The van der Waals surface area contributed by atoms with E-state index < -0.39 is 12.1 Å². The number of aliphatic hydroxyl groups excluding tert-OH is 2. The van der Waals surface area contributed by atoms with E-state index in [0.717, 1.165) is 44.9 Å². The van der Waals surface area contributed by atoms with E-state index in [1.807, 2.05) is 0 Å². The molecule has 0 aliphatic heterocycles. The Hall–Kier alpha value is -1.40. The normalized spacial score (nSPS) is 12.6. The highest BCUT2D eigenvalue weighted by molar-refractivity contribution is 5.76. The van der Waals surface area contributed by atoms with Crippen LogP contribution in [-0.2, 0) is 14.3 Å². The lowest BCUT2D eigenvalue weighted by Gasteiger charge is -2.22. The molecule has 6 nitrogen and oxygen atoms in total. The molecule has 0 radical (unpaired) electrons. The van der Waals surface area contributed by atoms with Gasteiger partial charge >= 0.3 is 5.97 Å². The lowest BCUT2D eigenvalue weighted by molar-refractivity contribution is -0.143. The molecule has 0 aromatic heterocycles. The van der Waals surface area contributed by atoms with Crippen LogP contribution in [0.1, 0.15) is 322 Å². The lowest BCUT2D eigenvalue weighted by Crippen LogP contribution is -2.45. The third-order valence-corrected chi connectivity index (χ3v) is 13.6. The highest BCUT2D eigenvalue weighted by Crippen LogP contribution is 2.17. The molecule has 0 fully saturated rings. The summed E-state index contributed by atoms with van der Waals surface area (Å²) in [5, 5.41) is 23.2. The first-order valence-electron chi connectivity index (χ1n) is 28.9.